The Balaban J connectivity index is 0.993. The van der Waals surface area contributed by atoms with Gasteiger partial charge in [0.1, 0.15) is 5.69 Å². The number of hydrogen-bond donors (Lipinski definition) is 2. The smallest absolute Gasteiger partial charge is 0.271 e. The van der Waals surface area contributed by atoms with Gasteiger partial charge in [0.15, 0.2) is 6.29 Å². The van der Waals surface area contributed by atoms with E-state index in [0.29, 0.717) is 34.6 Å². The van der Waals surface area contributed by atoms with Crippen molar-refractivity contribution < 1.29 is 19.4 Å². The van der Waals surface area contributed by atoms with E-state index in [1.54, 1.807) is 0 Å². The van der Waals surface area contributed by atoms with Gasteiger partial charge in [0.25, 0.3) is 5.91 Å². The van der Waals surface area contributed by atoms with E-state index in [-0.39, 0.29) is 24.7 Å². The van der Waals surface area contributed by atoms with Crippen LogP contribution in [0.25, 0.3) is 22.2 Å². The van der Waals surface area contributed by atoms with Crippen molar-refractivity contribution in [1.82, 2.24) is 20.2 Å². The van der Waals surface area contributed by atoms with Crippen LogP contribution in [0.1, 0.15) is 91.6 Å². The average molecular weight is 697 g/mol. The highest BCUT2D eigenvalue weighted by molar-refractivity contribution is 5.93. The standard InChI is InChI=1S/C44H48N4O4/c1-43(2)21-34-22-44(3,27-43)28-48(34)25-35-20-40(31-14-12-29(26-49)13-15-31)52-42(51-35)32-18-16-30(17-19-32)36-9-5-4-8-33(36)23-46-41(50)39-24-45-37-10-6-7-11-38(37)47-39/h4-19,24,34-35,40,42,49H,20-23,25-28H2,1-3H3,(H,46,50)/t34?,35-,40+,42+,44?/m0/s1. The quantitative estimate of drug-likeness (QED) is 0.161. The summed E-state index contributed by atoms with van der Waals surface area (Å²) in [5, 5.41) is 12.7. The number of nitrogens with zero attached hydrogens (tertiary/aromatic N) is 3. The Morgan fingerprint density at radius 2 is 1.62 bits per heavy atom. The fourth-order valence-corrected chi connectivity index (χ4v) is 9.19. The maximum Gasteiger partial charge on any atom is 0.271 e. The number of carbonyl (C=O) groups excluding carboxylic acids is 1. The third-order valence-electron chi connectivity index (χ3n) is 11.2. The Kier molecular flexibility index (Phi) is 9.42. The number of rotatable bonds is 9. The van der Waals surface area contributed by atoms with Crippen LogP contribution in [0.4, 0.5) is 0 Å². The Bertz CT molecular complexity index is 2050. The zero-order valence-corrected chi connectivity index (χ0v) is 30.3. The zero-order chi connectivity index (χ0) is 35.9. The van der Waals surface area contributed by atoms with Gasteiger partial charge in [-0.1, -0.05) is 106 Å². The SMILES string of the molecule is CC1(C)CC2CC(C)(CN2C[C@@H]2C[C@H](c3ccc(CO)cc3)O[C@H](c3ccc(-c4ccccc4CNC(=O)c4cnc5ccccc5n4)cc3)O2)C1. The number of nitrogens with one attached hydrogen (secondary N) is 1. The number of hydrogen-bond acceptors (Lipinski definition) is 7. The molecule has 1 saturated carbocycles. The number of para-hydroxylation sites is 2. The summed E-state index contributed by atoms with van der Waals surface area (Å²) >= 11 is 0. The summed E-state index contributed by atoms with van der Waals surface area (Å²) < 4.78 is 13.5. The largest absolute Gasteiger partial charge is 0.392 e. The van der Waals surface area contributed by atoms with Gasteiger partial charge in [0.05, 0.1) is 36.0 Å². The second kappa shape index (κ2) is 14.2. The molecule has 0 radical (unpaired) electrons. The maximum absolute atomic E-state index is 13.1. The van der Waals surface area contributed by atoms with Crippen LogP contribution >= 0.6 is 0 Å². The minimum absolute atomic E-state index is 0.0173. The van der Waals surface area contributed by atoms with Gasteiger partial charge in [-0.15, -0.1) is 0 Å². The molecule has 5 atom stereocenters. The van der Waals surface area contributed by atoms with E-state index >= 15 is 0 Å². The molecule has 2 N–H and O–H groups in total. The molecule has 2 saturated heterocycles. The Morgan fingerprint density at radius 3 is 2.40 bits per heavy atom. The molecular formula is C44H48N4O4. The highest BCUT2D eigenvalue weighted by Crippen LogP contribution is 2.53. The summed E-state index contributed by atoms with van der Waals surface area (Å²) in [4.78, 5) is 24.7. The molecule has 8 nitrogen and oxygen atoms in total. The van der Waals surface area contributed by atoms with Gasteiger partial charge in [-0.2, -0.15) is 0 Å². The molecule has 268 valence electrons. The third kappa shape index (κ3) is 7.39. The second-order valence-corrected chi connectivity index (χ2v) is 16.2. The highest BCUT2D eigenvalue weighted by atomic mass is 16.7. The molecule has 4 aromatic carbocycles. The fraction of sp³-hybridized carbons (Fsp3) is 0.386. The molecule has 2 aliphatic heterocycles. The molecule has 3 fully saturated rings. The van der Waals surface area contributed by atoms with Crippen molar-refractivity contribution in [3.8, 4) is 11.1 Å². The minimum atomic E-state index is -0.512. The highest BCUT2D eigenvalue weighted by Gasteiger charge is 2.50. The summed E-state index contributed by atoms with van der Waals surface area (Å²) in [6, 6.07) is 32.8. The van der Waals surface area contributed by atoms with Gasteiger partial charge < -0.3 is 19.9 Å². The maximum atomic E-state index is 13.1. The second-order valence-electron chi connectivity index (χ2n) is 16.2. The number of aliphatic hydroxyl groups excluding tert-OH is 1. The lowest BCUT2D eigenvalue weighted by Crippen LogP contribution is -2.42. The van der Waals surface area contributed by atoms with E-state index in [1.165, 1.54) is 25.5 Å². The normalized spacial score (nSPS) is 25.6. The van der Waals surface area contributed by atoms with E-state index in [4.69, 9.17) is 9.47 Å². The van der Waals surface area contributed by atoms with Gasteiger partial charge >= 0.3 is 0 Å². The first-order chi connectivity index (χ1) is 25.1. The van der Waals surface area contributed by atoms with Gasteiger partial charge in [0, 0.05) is 37.7 Å². The van der Waals surface area contributed by atoms with Crippen LogP contribution in [-0.4, -0.2) is 51.1 Å². The molecule has 1 amide bonds. The third-order valence-corrected chi connectivity index (χ3v) is 11.2. The Labute approximate surface area is 306 Å². The van der Waals surface area contributed by atoms with E-state index < -0.39 is 6.29 Å². The number of likely N-dealkylation sites (tertiary alicyclic amines) is 1. The molecule has 1 aliphatic carbocycles. The zero-order valence-electron chi connectivity index (χ0n) is 30.3. The molecule has 1 aromatic heterocycles. The molecule has 3 aliphatic rings. The molecule has 8 heteroatoms. The monoisotopic (exact) mass is 696 g/mol. The van der Waals surface area contributed by atoms with Crippen molar-refractivity contribution in [2.24, 2.45) is 10.8 Å². The molecular weight excluding hydrogens is 649 g/mol. The summed E-state index contributed by atoms with van der Waals surface area (Å²) in [6.45, 7) is 9.70. The van der Waals surface area contributed by atoms with Gasteiger partial charge in [0.2, 0.25) is 0 Å². The molecule has 5 aromatic rings. The summed E-state index contributed by atoms with van der Waals surface area (Å²) in [5.74, 6) is -0.264. The van der Waals surface area contributed by atoms with Crippen molar-refractivity contribution in [2.45, 2.75) is 84.1 Å². The van der Waals surface area contributed by atoms with Crippen molar-refractivity contribution in [3.05, 3.63) is 131 Å². The van der Waals surface area contributed by atoms with E-state index in [9.17, 15) is 9.90 Å². The van der Waals surface area contributed by atoms with Crippen molar-refractivity contribution >= 4 is 16.9 Å². The number of fused-ring (bicyclic) bond motifs is 3. The number of benzene rings is 4. The molecule has 8 rings (SSSR count). The number of aliphatic hydroxyl groups is 1. The molecule has 52 heavy (non-hydrogen) atoms. The van der Waals surface area contributed by atoms with E-state index in [2.05, 4.69) is 83.4 Å². The van der Waals surface area contributed by atoms with Crippen LogP contribution in [0.5, 0.6) is 0 Å². The summed E-state index contributed by atoms with van der Waals surface area (Å²) in [7, 11) is 0. The van der Waals surface area contributed by atoms with Crippen LogP contribution < -0.4 is 5.32 Å². The fourth-order valence-electron chi connectivity index (χ4n) is 9.19. The first-order valence-electron chi connectivity index (χ1n) is 18.6. The Hall–Kier alpha value is -4.47. The predicted molar refractivity (Wildman–Crippen MR) is 202 cm³/mol. The van der Waals surface area contributed by atoms with Crippen molar-refractivity contribution in [2.75, 3.05) is 13.1 Å². The molecule has 0 spiro atoms. The van der Waals surface area contributed by atoms with E-state index in [0.717, 1.165) is 58.4 Å². The number of carbonyl (C=O) groups is 1. The summed E-state index contributed by atoms with van der Waals surface area (Å²) in [6.07, 6.45) is 5.44. The van der Waals surface area contributed by atoms with Crippen LogP contribution in [0, 0.1) is 10.8 Å². The summed E-state index contributed by atoms with van der Waals surface area (Å²) in [5.41, 5.74) is 8.51. The minimum Gasteiger partial charge on any atom is -0.392 e. The van der Waals surface area contributed by atoms with Gasteiger partial charge in [-0.05, 0) is 70.0 Å². The van der Waals surface area contributed by atoms with Crippen LogP contribution in [0.3, 0.4) is 0 Å². The molecule has 2 bridgehead atoms. The average Bonchev–Trinajstić information content (AvgIpc) is 3.40. The first kappa shape index (κ1) is 34.6. The van der Waals surface area contributed by atoms with Crippen molar-refractivity contribution in [1.29, 1.82) is 0 Å². The van der Waals surface area contributed by atoms with Crippen LogP contribution in [0.2, 0.25) is 0 Å². The number of aromatic nitrogens is 2. The number of ether oxygens (including phenoxy) is 2. The molecule has 2 unspecified atom stereocenters. The predicted octanol–water partition coefficient (Wildman–Crippen LogP) is 8.17. The van der Waals surface area contributed by atoms with Crippen LogP contribution in [-0.2, 0) is 22.6 Å². The topological polar surface area (TPSA) is 96.8 Å². The van der Waals surface area contributed by atoms with Crippen molar-refractivity contribution in [3.63, 3.8) is 0 Å². The van der Waals surface area contributed by atoms with Gasteiger partial charge in [-0.25, -0.2) is 4.98 Å². The first-order valence-corrected chi connectivity index (χ1v) is 18.6. The number of amides is 1. The lowest BCUT2D eigenvalue weighted by atomic mass is 9.65. The Morgan fingerprint density at radius 1 is 0.885 bits per heavy atom. The van der Waals surface area contributed by atoms with Crippen LogP contribution in [0.15, 0.2) is 103 Å². The molecule has 3 heterocycles. The lowest BCUT2D eigenvalue weighted by Gasteiger charge is -2.41. The van der Waals surface area contributed by atoms with E-state index in [1.807, 2.05) is 54.6 Å². The lowest BCUT2D eigenvalue weighted by molar-refractivity contribution is -0.253. The van der Waals surface area contributed by atoms with Gasteiger partial charge in [-0.3, -0.25) is 14.7 Å².